The first kappa shape index (κ1) is 13.9. The van der Waals surface area contributed by atoms with Crippen LogP contribution in [0.25, 0.3) is 21.8 Å². The van der Waals surface area contributed by atoms with E-state index in [0.29, 0.717) is 4.47 Å². The molecule has 0 aliphatic heterocycles. The molecule has 0 aliphatic carbocycles. The molecule has 0 radical (unpaired) electrons. The molecule has 100 valence electrons. The van der Waals surface area contributed by atoms with Crippen molar-refractivity contribution in [1.82, 2.24) is 4.98 Å². The van der Waals surface area contributed by atoms with E-state index < -0.39 is 0 Å². The molecular formula is C15H8Br2FNS. The molecule has 1 aromatic heterocycles. The van der Waals surface area contributed by atoms with Crippen molar-refractivity contribution < 1.29 is 4.39 Å². The van der Waals surface area contributed by atoms with Crippen LogP contribution in [-0.2, 0) is 0 Å². The number of aromatic nitrogens is 1. The zero-order valence-electron chi connectivity index (χ0n) is 10.1. The number of rotatable bonds is 2. The van der Waals surface area contributed by atoms with E-state index in [1.807, 2.05) is 29.6 Å². The molecule has 5 heteroatoms. The lowest BCUT2D eigenvalue weighted by molar-refractivity contribution is 0.627. The summed E-state index contributed by atoms with van der Waals surface area (Å²) in [6, 6.07) is 12.6. The second kappa shape index (κ2) is 5.76. The molecule has 0 saturated carbocycles. The number of benzene rings is 2. The van der Waals surface area contributed by atoms with Crippen molar-refractivity contribution in [2.75, 3.05) is 0 Å². The van der Waals surface area contributed by atoms with Gasteiger partial charge in [-0.25, -0.2) is 9.37 Å². The Morgan fingerprint density at radius 1 is 0.950 bits per heavy atom. The van der Waals surface area contributed by atoms with E-state index >= 15 is 0 Å². The third kappa shape index (κ3) is 2.71. The number of halogens is 3. The Labute approximate surface area is 136 Å². The summed E-state index contributed by atoms with van der Waals surface area (Å²) in [6.07, 6.45) is 0. The lowest BCUT2D eigenvalue weighted by Crippen LogP contribution is -1.83. The Morgan fingerprint density at radius 3 is 2.50 bits per heavy atom. The van der Waals surface area contributed by atoms with Gasteiger partial charge < -0.3 is 0 Å². The van der Waals surface area contributed by atoms with Crippen LogP contribution in [0.2, 0.25) is 0 Å². The quantitative estimate of drug-likeness (QED) is 0.492. The standard InChI is InChI=1S/C15H8Br2FNS/c16-12-4-2-1-3-11(12)15-19-14(8-20-15)10-6-5-9(18)7-13(10)17/h1-8H. The molecule has 0 aliphatic rings. The molecule has 0 amide bonds. The monoisotopic (exact) mass is 411 g/mol. The van der Waals surface area contributed by atoms with E-state index in [-0.39, 0.29) is 5.82 Å². The van der Waals surface area contributed by atoms with Gasteiger partial charge in [0.05, 0.1) is 5.69 Å². The van der Waals surface area contributed by atoms with Gasteiger partial charge in [-0.05, 0) is 40.2 Å². The van der Waals surface area contributed by atoms with Crippen LogP contribution in [0, 0.1) is 5.82 Å². The maximum atomic E-state index is 13.1. The van der Waals surface area contributed by atoms with Gasteiger partial charge in [0.1, 0.15) is 10.8 Å². The maximum Gasteiger partial charge on any atom is 0.125 e. The van der Waals surface area contributed by atoms with Gasteiger partial charge in [0.15, 0.2) is 0 Å². The summed E-state index contributed by atoms with van der Waals surface area (Å²) in [5, 5.41) is 2.91. The molecule has 3 aromatic rings. The highest BCUT2D eigenvalue weighted by molar-refractivity contribution is 9.11. The van der Waals surface area contributed by atoms with E-state index in [1.165, 1.54) is 12.1 Å². The number of hydrogen-bond acceptors (Lipinski definition) is 2. The highest BCUT2D eigenvalue weighted by atomic mass is 79.9. The molecule has 20 heavy (non-hydrogen) atoms. The number of thiazole rings is 1. The average molecular weight is 413 g/mol. The van der Waals surface area contributed by atoms with E-state index in [9.17, 15) is 4.39 Å². The molecule has 1 nitrogen and oxygen atoms in total. The first-order valence-electron chi connectivity index (χ1n) is 5.81. The molecule has 0 saturated heterocycles. The summed E-state index contributed by atoms with van der Waals surface area (Å²) >= 11 is 8.48. The summed E-state index contributed by atoms with van der Waals surface area (Å²) < 4.78 is 14.9. The summed E-state index contributed by atoms with van der Waals surface area (Å²) in [4.78, 5) is 4.64. The van der Waals surface area contributed by atoms with Gasteiger partial charge >= 0.3 is 0 Å². The van der Waals surface area contributed by atoms with Gasteiger partial charge in [0.25, 0.3) is 0 Å². The van der Waals surface area contributed by atoms with Gasteiger partial charge in [-0.3, -0.25) is 0 Å². The van der Waals surface area contributed by atoms with Crippen molar-refractivity contribution in [2.45, 2.75) is 0 Å². The van der Waals surface area contributed by atoms with Gasteiger partial charge in [-0.15, -0.1) is 11.3 Å². The Morgan fingerprint density at radius 2 is 1.75 bits per heavy atom. The first-order valence-corrected chi connectivity index (χ1v) is 8.27. The van der Waals surface area contributed by atoms with Crippen molar-refractivity contribution in [1.29, 1.82) is 0 Å². The largest absolute Gasteiger partial charge is 0.236 e. The molecular weight excluding hydrogens is 405 g/mol. The third-order valence-corrected chi connectivity index (χ3v) is 5.04. The predicted molar refractivity (Wildman–Crippen MR) is 88.3 cm³/mol. The van der Waals surface area contributed by atoms with Gasteiger partial charge in [-0.2, -0.15) is 0 Å². The van der Waals surface area contributed by atoms with Crippen molar-refractivity contribution in [3.63, 3.8) is 0 Å². The van der Waals surface area contributed by atoms with Crippen LogP contribution in [0.1, 0.15) is 0 Å². The smallest absolute Gasteiger partial charge is 0.125 e. The van der Waals surface area contributed by atoms with Gasteiger partial charge in [0, 0.05) is 25.5 Å². The fraction of sp³-hybridized carbons (Fsp3) is 0. The topological polar surface area (TPSA) is 12.9 Å². The third-order valence-electron chi connectivity index (χ3n) is 2.82. The van der Waals surface area contributed by atoms with Crippen molar-refractivity contribution >= 4 is 43.2 Å². The van der Waals surface area contributed by atoms with Crippen molar-refractivity contribution in [2.24, 2.45) is 0 Å². The van der Waals surface area contributed by atoms with E-state index in [2.05, 4.69) is 36.8 Å². The summed E-state index contributed by atoms with van der Waals surface area (Å²) in [7, 11) is 0. The average Bonchev–Trinajstić information content (AvgIpc) is 2.88. The Kier molecular flexibility index (Phi) is 4.01. The van der Waals surface area contributed by atoms with Crippen LogP contribution in [-0.4, -0.2) is 4.98 Å². The van der Waals surface area contributed by atoms with Crippen LogP contribution < -0.4 is 0 Å². The maximum absolute atomic E-state index is 13.1. The molecule has 3 rings (SSSR count). The Hall–Kier alpha value is -1.04. The predicted octanol–water partition coefficient (Wildman–Crippen LogP) is 6.14. The minimum Gasteiger partial charge on any atom is -0.236 e. The van der Waals surface area contributed by atoms with Gasteiger partial charge in [0.2, 0.25) is 0 Å². The summed E-state index contributed by atoms with van der Waals surface area (Å²) in [6.45, 7) is 0. The minimum atomic E-state index is -0.262. The zero-order chi connectivity index (χ0) is 14.1. The van der Waals surface area contributed by atoms with E-state index in [4.69, 9.17) is 0 Å². The Balaban J connectivity index is 2.04. The molecule has 2 aromatic carbocycles. The van der Waals surface area contributed by atoms with Crippen LogP contribution >= 0.6 is 43.2 Å². The van der Waals surface area contributed by atoms with Crippen LogP contribution in [0.15, 0.2) is 56.8 Å². The van der Waals surface area contributed by atoms with Crippen LogP contribution in [0.4, 0.5) is 4.39 Å². The van der Waals surface area contributed by atoms with Crippen molar-refractivity contribution in [3.8, 4) is 21.8 Å². The number of hydrogen-bond donors (Lipinski definition) is 0. The lowest BCUT2D eigenvalue weighted by Gasteiger charge is -2.01. The highest BCUT2D eigenvalue weighted by Crippen LogP contribution is 2.35. The van der Waals surface area contributed by atoms with Crippen LogP contribution in [0.3, 0.4) is 0 Å². The van der Waals surface area contributed by atoms with Crippen LogP contribution in [0.5, 0.6) is 0 Å². The summed E-state index contributed by atoms with van der Waals surface area (Å²) in [5.41, 5.74) is 2.79. The summed E-state index contributed by atoms with van der Waals surface area (Å²) in [5.74, 6) is -0.262. The van der Waals surface area contributed by atoms with E-state index in [1.54, 1.807) is 17.4 Å². The lowest BCUT2D eigenvalue weighted by atomic mass is 10.2. The normalized spacial score (nSPS) is 10.8. The second-order valence-corrected chi connectivity index (χ2v) is 6.71. The zero-order valence-corrected chi connectivity index (χ0v) is 14.1. The SMILES string of the molecule is Fc1ccc(-c2csc(-c3ccccc3Br)n2)c(Br)c1. The fourth-order valence-corrected chi connectivity index (χ4v) is 3.87. The molecule has 0 fully saturated rings. The molecule has 0 unspecified atom stereocenters. The van der Waals surface area contributed by atoms with Crippen molar-refractivity contribution in [3.05, 3.63) is 62.6 Å². The molecule has 0 spiro atoms. The van der Waals surface area contributed by atoms with E-state index in [0.717, 1.165) is 26.3 Å². The fourth-order valence-electron chi connectivity index (χ4n) is 1.85. The minimum absolute atomic E-state index is 0.262. The Bertz CT molecular complexity index is 770. The molecule has 0 N–H and O–H groups in total. The second-order valence-electron chi connectivity index (χ2n) is 4.14. The number of nitrogens with zero attached hydrogens (tertiary/aromatic N) is 1. The molecule has 1 heterocycles. The van der Waals surface area contributed by atoms with Gasteiger partial charge in [-0.1, -0.05) is 34.1 Å². The first-order chi connectivity index (χ1) is 9.65. The molecule has 0 atom stereocenters. The molecule has 0 bridgehead atoms. The highest BCUT2D eigenvalue weighted by Gasteiger charge is 2.11.